The Hall–Kier alpha value is -2.85. The summed E-state index contributed by atoms with van der Waals surface area (Å²) in [4.78, 5) is 35.4. The van der Waals surface area contributed by atoms with E-state index < -0.39 is 32.5 Å². The van der Waals surface area contributed by atoms with Crippen molar-refractivity contribution in [1.29, 1.82) is 0 Å². The fourth-order valence-electron chi connectivity index (χ4n) is 5.70. The zero-order chi connectivity index (χ0) is 43.3. The number of quaternary nitrogens is 1. The molecule has 11 heteroatoms. The van der Waals surface area contributed by atoms with Gasteiger partial charge in [0.15, 0.2) is 6.10 Å². The molecule has 1 aliphatic heterocycles. The van der Waals surface area contributed by atoms with Crippen LogP contribution in [-0.2, 0) is 37.4 Å². The Labute approximate surface area is 358 Å². The van der Waals surface area contributed by atoms with Gasteiger partial charge in [-0.05, 0) is 83.5 Å². The lowest BCUT2D eigenvalue weighted by Crippen LogP contribution is -2.37. The average Bonchev–Trinajstić information content (AvgIpc) is 3.94. The molecule has 0 amide bonds. The van der Waals surface area contributed by atoms with Crippen molar-refractivity contribution in [1.82, 2.24) is 0 Å². The van der Waals surface area contributed by atoms with Crippen LogP contribution in [0, 0.1) is 0 Å². The highest BCUT2D eigenvalue weighted by molar-refractivity contribution is 7.47. The summed E-state index contributed by atoms with van der Waals surface area (Å²) in [7, 11) is 1.41. The topological polar surface area (TPSA) is 121 Å². The maximum atomic E-state index is 12.7. The number of rotatable bonds is 38. The highest BCUT2D eigenvalue weighted by Crippen LogP contribution is 2.43. The van der Waals surface area contributed by atoms with Crippen LogP contribution in [0.1, 0.15) is 142 Å². The normalized spacial score (nSPS) is 17.8. The van der Waals surface area contributed by atoms with Gasteiger partial charge >= 0.3 is 19.8 Å². The molecular formula is C48H81NO9P+. The number of carbonyl (C=O) groups is 2. The number of hydrogen-bond acceptors (Lipinski definition) is 8. The van der Waals surface area contributed by atoms with E-state index in [1.807, 2.05) is 33.3 Å². The first kappa shape index (κ1) is 54.2. The molecule has 0 radical (unpaired) electrons. The van der Waals surface area contributed by atoms with Crippen LogP contribution in [0.25, 0.3) is 0 Å². The molecule has 1 heterocycles. The molecule has 1 fully saturated rings. The van der Waals surface area contributed by atoms with Crippen molar-refractivity contribution in [2.45, 2.75) is 161 Å². The summed E-state index contributed by atoms with van der Waals surface area (Å²) in [5.41, 5.74) is 0. The van der Waals surface area contributed by atoms with E-state index in [2.05, 4.69) is 86.8 Å². The number of phosphoric ester groups is 1. The molecule has 1 N–H and O–H groups in total. The highest BCUT2D eigenvalue weighted by Gasteiger charge is 2.36. The van der Waals surface area contributed by atoms with E-state index in [4.69, 9.17) is 23.3 Å². The van der Waals surface area contributed by atoms with Gasteiger partial charge in [-0.1, -0.05) is 131 Å². The van der Waals surface area contributed by atoms with Crippen LogP contribution in [-0.4, -0.2) is 87.1 Å². The zero-order valence-electron chi connectivity index (χ0n) is 37.4. The Morgan fingerprint density at radius 1 is 0.627 bits per heavy atom. The summed E-state index contributed by atoms with van der Waals surface area (Å²) < 4.78 is 39.9. The number of allylic oxidation sites excluding steroid dienone is 12. The molecule has 0 spiro atoms. The molecule has 0 aromatic heterocycles. The van der Waals surface area contributed by atoms with Crippen LogP contribution in [0.3, 0.4) is 0 Å². The first-order valence-electron chi connectivity index (χ1n) is 22.4. The number of hydrogen-bond donors (Lipinski definition) is 1. The highest BCUT2D eigenvalue weighted by atomic mass is 31.2. The van der Waals surface area contributed by atoms with E-state index in [0.29, 0.717) is 36.1 Å². The number of nitrogens with zero attached hydrogens (tertiary/aromatic N) is 1. The number of epoxide rings is 1. The molecule has 0 aliphatic carbocycles. The minimum atomic E-state index is -4.40. The van der Waals surface area contributed by atoms with Crippen molar-refractivity contribution >= 4 is 19.8 Å². The number of likely N-dealkylation sites (N-methyl/N-ethyl adjacent to an activating group) is 1. The third-order valence-electron chi connectivity index (χ3n) is 9.33. The SMILES string of the molecule is CC/C=C\CC1OC1C/C=C\C/C=C\C/C=C\C/C=C\CCC(=O)OC[C@H](COP(=O)(O)OCC[N+](C)(C)C)OC(=O)CCCCCCC/C=C\C/C=C\CCCCC. The van der Waals surface area contributed by atoms with Gasteiger partial charge in [0.05, 0.1) is 40.0 Å². The first-order chi connectivity index (χ1) is 28.5. The van der Waals surface area contributed by atoms with Gasteiger partial charge in [-0.3, -0.25) is 18.6 Å². The maximum Gasteiger partial charge on any atom is 0.472 e. The molecule has 336 valence electrons. The average molecular weight is 847 g/mol. The van der Waals surface area contributed by atoms with E-state index in [0.717, 1.165) is 77.0 Å². The number of ether oxygens (including phenoxy) is 3. The largest absolute Gasteiger partial charge is 0.472 e. The Balaban J connectivity index is 2.34. The fourth-order valence-corrected chi connectivity index (χ4v) is 6.44. The van der Waals surface area contributed by atoms with Crippen molar-refractivity contribution < 1.29 is 46.8 Å². The first-order valence-corrected chi connectivity index (χ1v) is 23.9. The van der Waals surface area contributed by atoms with Gasteiger partial charge in [0.25, 0.3) is 0 Å². The summed E-state index contributed by atoms with van der Waals surface area (Å²) in [5, 5.41) is 0. The lowest BCUT2D eigenvalue weighted by Gasteiger charge is -2.24. The predicted molar refractivity (Wildman–Crippen MR) is 242 cm³/mol. The Bertz CT molecular complexity index is 1340. The van der Waals surface area contributed by atoms with Gasteiger partial charge in [-0.2, -0.15) is 0 Å². The lowest BCUT2D eigenvalue weighted by atomic mass is 10.1. The minimum absolute atomic E-state index is 0.0111. The molecule has 0 bridgehead atoms. The van der Waals surface area contributed by atoms with E-state index in [1.54, 1.807) is 0 Å². The van der Waals surface area contributed by atoms with Gasteiger partial charge in [0.2, 0.25) is 0 Å². The van der Waals surface area contributed by atoms with Gasteiger partial charge in [-0.25, -0.2) is 4.57 Å². The summed E-state index contributed by atoms with van der Waals surface area (Å²) in [6, 6.07) is 0. The third-order valence-corrected chi connectivity index (χ3v) is 10.3. The van der Waals surface area contributed by atoms with Crippen LogP contribution < -0.4 is 0 Å². The van der Waals surface area contributed by atoms with Gasteiger partial charge in [-0.15, -0.1) is 0 Å². The smallest absolute Gasteiger partial charge is 0.462 e. The molecule has 10 nitrogen and oxygen atoms in total. The zero-order valence-corrected chi connectivity index (χ0v) is 38.3. The monoisotopic (exact) mass is 847 g/mol. The Morgan fingerprint density at radius 2 is 1.15 bits per heavy atom. The summed E-state index contributed by atoms with van der Waals surface area (Å²) in [5.74, 6) is -0.926. The van der Waals surface area contributed by atoms with E-state index in [-0.39, 0.29) is 26.1 Å². The van der Waals surface area contributed by atoms with Crippen LogP contribution in [0.4, 0.5) is 0 Å². The van der Waals surface area contributed by atoms with Crippen molar-refractivity contribution in [3.63, 3.8) is 0 Å². The summed E-state index contributed by atoms with van der Waals surface area (Å²) in [6.45, 7) is 4.14. The standard InChI is InChI=1S/C48H80NO9P/c1-6-8-10-11-12-13-14-15-16-17-22-25-28-31-35-39-48(51)57-44(43-56-59(52,53)55-41-40-49(3,4)5)42-54-47(50)38-34-30-27-24-21-19-18-20-23-26-29-33-37-46-45(58-46)36-32-9-7-2/h9,12-13,15-16,19-21,23,27,29-30,32-33,44-46H,6-8,10-11,14,17-18,22,24-26,28,31,34-43H2,1-5H3/p+1/b13-12-,16-15-,21-19-,23-20-,30-27-,32-9-,33-29-/t44-,45?,46?/m1/s1. The number of esters is 2. The molecule has 1 rings (SSSR count). The van der Waals surface area contributed by atoms with Crippen LogP contribution >= 0.6 is 7.82 Å². The predicted octanol–water partition coefficient (Wildman–Crippen LogP) is 11.8. The summed E-state index contributed by atoms with van der Waals surface area (Å²) in [6.07, 6.45) is 48.3. The number of phosphoric acid groups is 1. The van der Waals surface area contributed by atoms with E-state index in [1.165, 1.54) is 25.7 Å². The Kier molecular flexibility index (Phi) is 32.9. The van der Waals surface area contributed by atoms with Gasteiger partial charge in [0, 0.05) is 12.8 Å². The molecule has 3 unspecified atom stereocenters. The van der Waals surface area contributed by atoms with Crippen LogP contribution in [0.2, 0.25) is 0 Å². The molecule has 1 aliphatic rings. The maximum absolute atomic E-state index is 12.7. The van der Waals surface area contributed by atoms with Gasteiger partial charge in [0.1, 0.15) is 19.8 Å². The van der Waals surface area contributed by atoms with Crippen LogP contribution in [0.15, 0.2) is 85.1 Å². The third kappa shape index (κ3) is 36.7. The van der Waals surface area contributed by atoms with Crippen molar-refractivity contribution in [2.75, 3.05) is 47.5 Å². The van der Waals surface area contributed by atoms with E-state index in [9.17, 15) is 19.0 Å². The Morgan fingerprint density at radius 3 is 1.75 bits per heavy atom. The number of unbranched alkanes of at least 4 members (excludes halogenated alkanes) is 8. The molecule has 4 atom stereocenters. The fraction of sp³-hybridized carbons (Fsp3) is 0.667. The molecule has 0 saturated carbocycles. The molecule has 0 aromatic rings. The van der Waals surface area contributed by atoms with Crippen molar-refractivity contribution in [3.8, 4) is 0 Å². The molecule has 1 saturated heterocycles. The van der Waals surface area contributed by atoms with Gasteiger partial charge < -0.3 is 23.6 Å². The van der Waals surface area contributed by atoms with Crippen LogP contribution in [0.5, 0.6) is 0 Å². The molecule has 59 heavy (non-hydrogen) atoms. The van der Waals surface area contributed by atoms with E-state index >= 15 is 0 Å². The lowest BCUT2D eigenvalue weighted by molar-refractivity contribution is -0.870. The second-order valence-corrected chi connectivity index (χ2v) is 17.5. The van der Waals surface area contributed by atoms with Crippen molar-refractivity contribution in [3.05, 3.63) is 85.1 Å². The quantitative estimate of drug-likeness (QED) is 0.0162. The second-order valence-electron chi connectivity index (χ2n) is 16.1. The summed E-state index contributed by atoms with van der Waals surface area (Å²) >= 11 is 0. The molecular weight excluding hydrogens is 765 g/mol. The second kappa shape index (κ2) is 35.9. The number of carbonyl (C=O) groups excluding carboxylic acids is 2. The molecule has 0 aromatic carbocycles. The minimum Gasteiger partial charge on any atom is -0.462 e. The van der Waals surface area contributed by atoms with Crippen molar-refractivity contribution in [2.24, 2.45) is 0 Å².